The van der Waals surface area contributed by atoms with Crippen LogP contribution in [0.3, 0.4) is 0 Å². The molecule has 1 saturated heterocycles. The van der Waals surface area contributed by atoms with Crippen LogP contribution in [0.25, 0.3) is 22.4 Å². The molecule has 1 aliphatic rings. The molecule has 0 radical (unpaired) electrons. The number of rotatable bonds is 5. The van der Waals surface area contributed by atoms with Gasteiger partial charge in [0, 0.05) is 44.1 Å². The van der Waals surface area contributed by atoms with Crippen molar-refractivity contribution in [2.75, 3.05) is 38.1 Å². The van der Waals surface area contributed by atoms with Gasteiger partial charge in [0.1, 0.15) is 11.3 Å². The van der Waals surface area contributed by atoms with E-state index in [1.54, 1.807) is 18.6 Å². The minimum absolute atomic E-state index is 0.158. The Morgan fingerprint density at radius 3 is 2.52 bits per heavy atom. The Morgan fingerprint density at radius 2 is 1.79 bits per heavy atom. The molecule has 1 fully saturated rings. The molecule has 0 spiro atoms. The summed E-state index contributed by atoms with van der Waals surface area (Å²) in [5, 5.41) is 0. The summed E-state index contributed by atoms with van der Waals surface area (Å²) in [6.45, 7) is 8.19. The molecule has 0 saturated carbocycles. The standard InChI is InChI=1S/C24H27FN8/c1-16(2)33-15-28-23-21(33)13-20(30-24(23)25)19-6-7-26-22(29-19)12-17-4-5-18(14-27-17)32-10-8-31(3)9-11-32/h4-7,13-16H,8-12H2,1-3H3. The summed E-state index contributed by atoms with van der Waals surface area (Å²) in [5.74, 6) is 0.0234. The summed E-state index contributed by atoms with van der Waals surface area (Å²) in [6, 6.07) is 7.87. The first-order valence-corrected chi connectivity index (χ1v) is 11.2. The number of hydrogen-bond acceptors (Lipinski definition) is 7. The molecule has 0 amide bonds. The van der Waals surface area contributed by atoms with Crippen LogP contribution in [-0.4, -0.2) is 67.6 Å². The molecule has 0 aromatic carbocycles. The SMILES string of the molecule is CC(C)n1cnc2c(F)nc(-c3ccnc(Cc4ccc(N5CCN(C)CC5)cn4)n3)cc21. The van der Waals surface area contributed by atoms with Crippen LogP contribution in [0.1, 0.15) is 31.4 Å². The molecule has 4 aromatic rings. The van der Waals surface area contributed by atoms with Gasteiger partial charge in [-0.05, 0) is 45.2 Å². The zero-order chi connectivity index (χ0) is 22.9. The van der Waals surface area contributed by atoms with Crippen LogP contribution in [-0.2, 0) is 6.42 Å². The van der Waals surface area contributed by atoms with Gasteiger partial charge in [0.05, 0.1) is 41.5 Å². The normalized spacial score (nSPS) is 15.0. The molecule has 0 aliphatic carbocycles. The van der Waals surface area contributed by atoms with Crippen molar-refractivity contribution in [3.8, 4) is 11.4 Å². The Labute approximate surface area is 192 Å². The van der Waals surface area contributed by atoms with Gasteiger partial charge in [0.25, 0.3) is 0 Å². The first-order valence-electron chi connectivity index (χ1n) is 11.2. The summed E-state index contributed by atoms with van der Waals surface area (Å²) in [7, 11) is 2.15. The van der Waals surface area contributed by atoms with Gasteiger partial charge < -0.3 is 14.4 Å². The summed E-state index contributed by atoms with van der Waals surface area (Å²) in [6.07, 6.45) is 5.74. The molecule has 4 aromatic heterocycles. The average molecular weight is 447 g/mol. The van der Waals surface area contributed by atoms with Gasteiger partial charge >= 0.3 is 0 Å². The number of piperazine rings is 1. The van der Waals surface area contributed by atoms with E-state index >= 15 is 0 Å². The van der Waals surface area contributed by atoms with E-state index in [1.807, 2.05) is 36.7 Å². The third-order valence-corrected chi connectivity index (χ3v) is 6.06. The Bertz CT molecular complexity index is 1260. The van der Waals surface area contributed by atoms with Crippen LogP contribution >= 0.6 is 0 Å². The number of anilines is 1. The van der Waals surface area contributed by atoms with Crippen molar-refractivity contribution in [2.24, 2.45) is 0 Å². The second-order valence-electron chi connectivity index (χ2n) is 8.74. The lowest BCUT2D eigenvalue weighted by molar-refractivity contribution is 0.313. The van der Waals surface area contributed by atoms with Crippen LogP contribution in [0.4, 0.5) is 10.1 Å². The number of aromatic nitrogens is 6. The van der Waals surface area contributed by atoms with E-state index in [9.17, 15) is 4.39 Å². The fourth-order valence-electron chi connectivity index (χ4n) is 4.10. The maximum atomic E-state index is 14.6. The molecule has 170 valence electrons. The van der Waals surface area contributed by atoms with Crippen molar-refractivity contribution in [1.29, 1.82) is 0 Å². The van der Waals surface area contributed by atoms with E-state index in [1.165, 1.54) is 0 Å². The summed E-state index contributed by atoms with van der Waals surface area (Å²) in [5.41, 5.74) is 4.03. The zero-order valence-corrected chi connectivity index (χ0v) is 19.1. The van der Waals surface area contributed by atoms with Gasteiger partial charge in [-0.3, -0.25) is 4.98 Å². The van der Waals surface area contributed by atoms with Crippen LogP contribution in [0.15, 0.2) is 43.0 Å². The van der Waals surface area contributed by atoms with Crippen LogP contribution in [0.5, 0.6) is 0 Å². The summed E-state index contributed by atoms with van der Waals surface area (Å²) < 4.78 is 16.6. The molecule has 0 atom stereocenters. The monoisotopic (exact) mass is 446 g/mol. The van der Waals surface area contributed by atoms with Crippen molar-refractivity contribution in [1.82, 2.24) is 34.4 Å². The predicted molar refractivity (Wildman–Crippen MR) is 126 cm³/mol. The molecule has 5 heterocycles. The molecule has 9 heteroatoms. The highest BCUT2D eigenvalue weighted by molar-refractivity contribution is 5.79. The van der Waals surface area contributed by atoms with Gasteiger partial charge in [-0.2, -0.15) is 4.39 Å². The Balaban J connectivity index is 1.37. The Kier molecular flexibility index (Phi) is 5.72. The predicted octanol–water partition coefficient (Wildman–Crippen LogP) is 3.35. The molecule has 5 rings (SSSR count). The van der Waals surface area contributed by atoms with Crippen LogP contribution in [0, 0.1) is 5.95 Å². The fourth-order valence-corrected chi connectivity index (χ4v) is 4.10. The number of imidazole rings is 1. The van der Waals surface area contributed by atoms with Crippen molar-refractivity contribution < 1.29 is 4.39 Å². The maximum Gasteiger partial charge on any atom is 0.241 e. The minimum atomic E-state index is -0.594. The van der Waals surface area contributed by atoms with Crippen LogP contribution < -0.4 is 4.90 Å². The molecule has 1 aliphatic heterocycles. The summed E-state index contributed by atoms with van der Waals surface area (Å²) in [4.78, 5) is 26.6. The molecule has 0 unspecified atom stereocenters. The van der Waals surface area contributed by atoms with Crippen molar-refractivity contribution >= 4 is 16.7 Å². The van der Waals surface area contributed by atoms with Gasteiger partial charge in [-0.1, -0.05) is 0 Å². The van der Waals surface area contributed by atoms with Gasteiger partial charge in [0.15, 0.2) is 0 Å². The topological polar surface area (TPSA) is 75.9 Å². The highest BCUT2D eigenvalue weighted by atomic mass is 19.1. The fraction of sp³-hybridized carbons (Fsp3) is 0.375. The van der Waals surface area contributed by atoms with E-state index < -0.39 is 5.95 Å². The van der Waals surface area contributed by atoms with Crippen molar-refractivity contribution in [3.63, 3.8) is 0 Å². The molecule has 33 heavy (non-hydrogen) atoms. The molecular weight excluding hydrogens is 419 g/mol. The van der Waals surface area contributed by atoms with E-state index in [2.05, 4.69) is 47.8 Å². The Morgan fingerprint density at radius 1 is 0.970 bits per heavy atom. The molecule has 8 nitrogen and oxygen atoms in total. The molecule has 0 N–H and O–H groups in total. The van der Waals surface area contributed by atoms with E-state index in [0.717, 1.165) is 37.6 Å². The molecule has 0 bridgehead atoms. The second kappa shape index (κ2) is 8.82. The average Bonchev–Trinajstić information content (AvgIpc) is 3.25. The summed E-state index contributed by atoms with van der Waals surface area (Å²) >= 11 is 0. The Hall–Kier alpha value is -3.46. The van der Waals surface area contributed by atoms with Gasteiger partial charge in [-0.15, -0.1) is 0 Å². The quantitative estimate of drug-likeness (QED) is 0.435. The lowest BCUT2D eigenvalue weighted by atomic mass is 10.2. The zero-order valence-electron chi connectivity index (χ0n) is 19.1. The van der Waals surface area contributed by atoms with Crippen LogP contribution in [0.2, 0.25) is 0 Å². The number of nitrogens with zero attached hydrogens (tertiary/aromatic N) is 8. The second-order valence-corrected chi connectivity index (χ2v) is 8.74. The van der Waals surface area contributed by atoms with E-state index in [-0.39, 0.29) is 11.6 Å². The number of halogens is 1. The highest BCUT2D eigenvalue weighted by Gasteiger charge is 2.16. The number of pyridine rings is 2. The van der Waals surface area contributed by atoms with Gasteiger partial charge in [0.2, 0.25) is 5.95 Å². The smallest absolute Gasteiger partial charge is 0.241 e. The third kappa shape index (κ3) is 4.41. The number of likely N-dealkylation sites (N-methyl/N-ethyl adjacent to an activating group) is 1. The maximum absolute atomic E-state index is 14.6. The number of hydrogen-bond donors (Lipinski definition) is 0. The van der Waals surface area contributed by atoms with Gasteiger partial charge in [-0.25, -0.2) is 19.9 Å². The first kappa shape index (κ1) is 21.4. The lowest BCUT2D eigenvalue weighted by Gasteiger charge is -2.33. The first-order chi connectivity index (χ1) is 16.0. The van der Waals surface area contributed by atoms with Crippen molar-refractivity contribution in [2.45, 2.75) is 26.3 Å². The molecular formula is C24H27FN8. The highest BCUT2D eigenvalue weighted by Crippen LogP contribution is 2.25. The largest absolute Gasteiger partial charge is 0.368 e. The van der Waals surface area contributed by atoms with E-state index in [0.29, 0.717) is 29.1 Å². The minimum Gasteiger partial charge on any atom is -0.368 e. The van der Waals surface area contributed by atoms with E-state index in [4.69, 9.17) is 0 Å². The van der Waals surface area contributed by atoms with Crippen molar-refractivity contribution in [3.05, 3.63) is 60.5 Å². The lowest BCUT2D eigenvalue weighted by Crippen LogP contribution is -2.44. The third-order valence-electron chi connectivity index (χ3n) is 6.06. The number of fused-ring (bicyclic) bond motifs is 1.